The van der Waals surface area contributed by atoms with E-state index in [1.54, 1.807) is 7.11 Å². The van der Waals surface area contributed by atoms with E-state index in [1.807, 2.05) is 12.1 Å². The molecule has 1 aliphatic rings. The quantitative estimate of drug-likeness (QED) is 0.850. The van der Waals surface area contributed by atoms with Crippen LogP contribution in [-0.2, 0) is 4.74 Å². The normalized spacial score (nSPS) is 17.9. The summed E-state index contributed by atoms with van der Waals surface area (Å²) in [7, 11) is 1.74. The van der Waals surface area contributed by atoms with Crippen molar-refractivity contribution in [1.29, 1.82) is 0 Å². The zero-order chi connectivity index (χ0) is 14.4. The van der Waals surface area contributed by atoms with Gasteiger partial charge in [-0.05, 0) is 49.9 Å². The fourth-order valence-electron chi connectivity index (χ4n) is 2.83. The van der Waals surface area contributed by atoms with Gasteiger partial charge in [-0.15, -0.1) is 0 Å². The maximum absolute atomic E-state index is 5.56. The van der Waals surface area contributed by atoms with Crippen molar-refractivity contribution in [2.24, 2.45) is 5.92 Å². The Bertz CT molecular complexity index is 419. The van der Waals surface area contributed by atoms with Gasteiger partial charge >= 0.3 is 0 Å². The van der Waals surface area contributed by atoms with Gasteiger partial charge in [0, 0.05) is 29.3 Å². The van der Waals surface area contributed by atoms with Crippen LogP contribution in [0.15, 0.2) is 22.7 Å². The third-order valence-electron chi connectivity index (χ3n) is 3.88. The fourth-order valence-corrected chi connectivity index (χ4v) is 3.21. The first kappa shape index (κ1) is 15.8. The van der Waals surface area contributed by atoms with Crippen molar-refractivity contribution in [3.63, 3.8) is 0 Å². The van der Waals surface area contributed by atoms with Gasteiger partial charge in [-0.25, -0.2) is 0 Å². The van der Waals surface area contributed by atoms with Crippen molar-refractivity contribution in [2.75, 3.05) is 26.9 Å². The molecular formula is C16H24BrNO2. The molecule has 0 bridgehead atoms. The number of hydrogen-bond donors (Lipinski definition) is 1. The molecule has 4 heteroatoms. The summed E-state index contributed by atoms with van der Waals surface area (Å²) in [5.74, 6) is 1.58. The Kier molecular flexibility index (Phi) is 6.33. The Labute approximate surface area is 130 Å². The molecule has 112 valence electrons. The molecule has 1 aliphatic heterocycles. The molecule has 1 N–H and O–H groups in total. The van der Waals surface area contributed by atoms with Crippen LogP contribution < -0.4 is 10.1 Å². The minimum Gasteiger partial charge on any atom is -0.496 e. The summed E-state index contributed by atoms with van der Waals surface area (Å²) in [5, 5.41) is 3.70. The van der Waals surface area contributed by atoms with Crippen LogP contribution in [0, 0.1) is 5.92 Å². The van der Waals surface area contributed by atoms with Crippen LogP contribution in [0.5, 0.6) is 5.75 Å². The Balaban J connectivity index is 2.26. The van der Waals surface area contributed by atoms with E-state index in [-0.39, 0.29) is 0 Å². The van der Waals surface area contributed by atoms with Crippen molar-refractivity contribution < 1.29 is 9.47 Å². The first-order valence-electron chi connectivity index (χ1n) is 7.40. The number of hydrogen-bond acceptors (Lipinski definition) is 3. The lowest BCUT2D eigenvalue weighted by molar-refractivity contribution is 0.0533. The van der Waals surface area contributed by atoms with Crippen molar-refractivity contribution in [1.82, 2.24) is 5.32 Å². The van der Waals surface area contributed by atoms with E-state index in [4.69, 9.17) is 9.47 Å². The molecule has 3 nitrogen and oxygen atoms in total. The molecule has 0 saturated carbocycles. The highest BCUT2D eigenvalue weighted by molar-refractivity contribution is 9.10. The Morgan fingerprint density at radius 3 is 2.80 bits per heavy atom. The van der Waals surface area contributed by atoms with E-state index in [0.29, 0.717) is 12.0 Å². The summed E-state index contributed by atoms with van der Waals surface area (Å²) in [4.78, 5) is 0. The predicted molar refractivity (Wildman–Crippen MR) is 85.3 cm³/mol. The molecule has 1 fully saturated rings. The molecule has 1 unspecified atom stereocenters. The standard InChI is InChI=1S/C16H24BrNO2/c1-3-8-18-16(12-6-9-20-10-7-12)14-11-13(17)4-5-15(14)19-2/h4-5,11-12,16,18H,3,6-10H2,1-2H3. The monoisotopic (exact) mass is 341 g/mol. The minimum absolute atomic E-state index is 0.339. The topological polar surface area (TPSA) is 30.5 Å². The largest absolute Gasteiger partial charge is 0.496 e. The van der Waals surface area contributed by atoms with Gasteiger partial charge < -0.3 is 14.8 Å². The van der Waals surface area contributed by atoms with E-state index in [9.17, 15) is 0 Å². The van der Waals surface area contributed by atoms with Gasteiger partial charge in [0.2, 0.25) is 0 Å². The molecule has 20 heavy (non-hydrogen) atoms. The Hall–Kier alpha value is -0.580. The third-order valence-corrected chi connectivity index (χ3v) is 4.37. The second-order valence-electron chi connectivity index (χ2n) is 5.27. The Morgan fingerprint density at radius 2 is 2.15 bits per heavy atom. The van der Waals surface area contributed by atoms with Crippen molar-refractivity contribution in [3.8, 4) is 5.75 Å². The molecule has 1 aromatic rings. The van der Waals surface area contributed by atoms with Crippen LogP contribution in [0.4, 0.5) is 0 Å². The van der Waals surface area contributed by atoms with E-state index in [2.05, 4.69) is 34.2 Å². The van der Waals surface area contributed by atoms with Crippen LogP contribution >= 0.6 is 15.9 Å². The smallest absolute Gasteiger partial charge is 0.123 e. The second kappa shape index (κ2) is 8.01. The SMILES string of the molecule is CCCNC(c1cc(Br)ccc1OC)C1CCOCC1. The van der Waals surface area contributed by atoms with Gasteiger partial charge in [0.05, 0.1) is 7.11 Å². The summed E-state index contributed by atoms with van der Waals surface area (Å²) in [6.45, 7) is 4.96. The van der Waals surface area contributed by atoms with Gasteiger partial charge in [-0.3, -0.25) is 0 Å². The van der Waals surface area contributed by atoms with Crippen LogP contribution in [0.3, 0.4) is 0 Å². The van der Waals surface area contributed by atoms with E-state index < -0.39 is 0 Å². The summed E-state index contributed by atoms with van der Waals surface area (Å²) in [6, 6.07) is 6.59. The molecule has 1 heterocycles. The first-order chi connectivity index (χ1) is 9.76. The number of halogens is 1. The van der Waals surface area contributed by atoms with Gasteiger partial charge in [-0.2, -0.15) is 0 Å². The van der Waals surface area contributed by atoms with Gasteiger partial charge in [0.25, 0.3) is 0 Å². The molecule has 2 rings (SSSR count). The summed E-state index contributed by atoms with van der Waals surface area (Å²) >= 11 is 3.58. The fraction of sp³-hybridized carbons (Fsp3) is 0.625. The summed E-state index contributed by atoms with van der Waals surface area (Å²) < 4.78 is 12.2. The molecule has 0 aromatic heterocycles. The van der Waals surface area contributed by atoms with Crippen molar-refractivity contribution in [3.05, 3.63) is 28.2 Å². The number of methoxy groups -OCH3 is 1. The number of benzene rings is 1. The van der Waals surface area contributed by atoms with Gasteiger partial charge in [0.15, 0.2) is 0 Å². The molecule has 1 aromatic carbocycles. The van der Waals surface area contributed by atoms with Gasteiger partial charge in [-0.1, -0.05) is 22.9 Å². The third kappa shape index (κ3) is 3.96. The summed E-state index contributed by atoms with van der Waals surface area (Å²) in [6.07, 6.45) is 3.35. The van der Waals surface area contributed by atoms with E-state index in [1.165, 1.54) is 5.56 Å². The van der Waals surface area contributed by atoms with Crippen LogP contribution in [0.25, 0.3) is 0 Å². The van der Waals surface area contributed by atoms with Crippen LogP contribution in [0.2, 0.25) is 0 Å². The Morgan fingerprint density at radius 1 is 1.40 bits per heavy atom. The molecule has 0 radical (unpaired) electrons. The zero-order valence-corrected chi connectivity index (χ0v) is 13.9. The number of ether oxygens (including phenoxy) is 2. The number of nitrogens with one attached hydrogen (secondary N) is 1. The lowest BCUT2D eigenvalue weighted by Gasteiger charge is -2.32. The molecule has 0 amide bonds. The number of rotatable bonds is 6. The lowest BCUT2D eigenvalue weighted by Crippen LogP contribution is -2.33. The van der Waals surface area contributed by atoms with Crippen LogP contribution in [-0.4, -0.2) is 26.9 Å². The second-order valence-corrected chi connectivity index (χ2v) is 6.18. The maximum atomic E-state index is 5.56. The van der Waals surface area contributed by atoms with Crippen molar-refractivity contribution >= 4 is 15.9 Å². The molecule has 1 atom stereocenters. The summed E-state index contributed by atoms with van der Waals surface area (Å²) in [5.41, 5.74) is 1.25. The highest BCUT2D eigenvalue weighted by Gasteiger charge is 2.27. The molecule has 1 saturated heterocycles. The van der Waals surface area contributed by atoms with Crippen molar-refractivity contribution in [2.45, 2.75) is 32.2 Å². The molecular weight excluding hydrogens is 318 g/mol. The minimum atomic E-state index is 0.339. The lowest BCUT2D eigenvalue weighted by atomic mass is 9.86. The maximum Gasteiger partial charge on any atom is 0.123 e. The average Bonchev–Trinajstić information content (AvgIpc) is 2.49. The highest BCUT2D eigenvalue weighted by Crippen LogP contribution is 2.36. The zero-order valence-electron chi connectivity index (χ0n) is 12.3. The average molecular weight is 342 g/mol. The highest BCUT2D eigenvalue weighted by atomic mass is 79.9. The molecule has 0 spiro atoms. The predicted octanol–water partition coefficient (Wildman–Crippen LogP) is 3.93. The van der Waals surface area contributed by atoms with Crippen LogP contribution in [0.1, 0.15) is 37.8 Å². The molecule has 0 aliphatic carbocycles. The van der Waals surface area contributed by atoms with Gasteiger partial charge in [0.1, 0.15) is 5.75 Å². The first-order valence-corrected chi connectivity index (χ1v) is 8.20. The van der Waals surface area contributed by atoms with E-state index in [0.717, 1.165) is 49.2 Å². The van der Waals surface area contributed by atoms with E-state index >= 15 is 0 Å².